The van der Waals surface area contributed by atoms with Gasteiger partial charge in [0, 0.05) is 11.3 Å². The summed E-state index contributed by atoms with van der Waals surface area (Å²) < 4.78 is 12.8. The van der Waals surface area contributed by atoms with E-state index < -0.39 is 0 Å². The first-order valence-corrected chi connectivity index (χ1v) is 27.4. The van der Waals surface area contributed by atoms with Gasteiger partial charge in [0.25, 0.3) is 0 Å². The standard InChI is InChI=1S/C68H54BN5O.Pt/c1-67(2,3)48-38-46(44-21-9-7-10-22-44)37-47(39-48)57-41-49(68(4,5)6)40-56(45-23-11-8-12-24-45)65(57)72-43-71(59-31-15-16-32-60(59)72)50-25-19-26-51(42-50)75-63-36-35-55-54-29-20-28-53-52-27-13-14-30-58(52)73-61-33-17-18-34-62(61)74(66(55)70-63)69(73)64(53)54;/h7-42H,1-6H3;. The van der Waals surface area contributed by atoms with Crippen molar-refractivity contribution in [3.63, 3.8) is 0 Å². The molecule has 0 spiro atoms. The molecule has 0 amide bonds. The Morgan fingerprint density at radius 2 is 0.974 bits per heavy atom. The van der Waals surface area contributed by atoms with Crippen LogP contribution in [0.2, 0.25) is 0 Å². The molecule has 6 nitrogen and oxygen atoms in total. The second-order valence-corrected chi connectivity index (χ2v) is 23.4. The Morgan fingerprint density at radius 3 is 1.68 bits per heavy atom. The number of hydrogen-bond acceptors (Lipinski definition) is 4. The molecule has 0 aliphatic carbocycles. The SMILES string of the molecule is CC(C)(C)c1cc(-c2ccccc2)cc(-c2cc(C(C)(C)C)cc(-c3ccccc3)c2-n2[c](=[Pt])n(-c3cccc(Oc4ccc5c(n4)N4B6c7c(cccc7-5)-c5ccccc5N6c5ccccc54)c3)c3ccccc32)c1. The van der Waals surface area contributed by atoms with Gasteiger partial charge in [-0.3, -0.25) is 0 Å². The zero-order chi connectivity index (χ0) is 51.6. The van der Waals surface area contributed by atoms with Gasteiger partial charge in [0.05, 0.1) is 0 Å². The van der Waals surface area contributed by atoms with E-state index in [0.29, 0.717) is 11.6 Å². The zero-order valence-electron chi connectivity index (χ0n) is 43.3. The first-order chi connectivity index (χ1) is 36.9. The molecule has 370 valence electrons. The van der Waals surface area contributed by atoms with E-state index in [1.807, 2.05) is 12.1 Å². The molecule has 0 unspecified atom stereocenters. The van der Waals surface area contributed by atoms with E-state index in [1.54, 1.807) is 0 Å². The van der Waals surface area contributed by atoms with Gasteiger partial charge >= 0.3 is 387 Å². The van der Waals surface area contributed by atoms with E-state index in [2.05, 4.69) is 286 Å². The molecule has 0 bridgehead atoms. The van der Waals surface area contributed by atoms with Crippen LogP contribution in [-0.2, 0) is 30.2 Å². The van der Waals surface area contributed by atoms with Gasteiger partial charge in [0.1, 0.15) is 0 Å². The third-order valence-electron chi connectivity index (χ3n) is 15.6. The first kappa shape index (κ1) is 46.3. The number of aromatic nitrogens is 3. The molecule has 2 aromatic heterocycles. The van der Waals surface area contributed by atoms with Crippen molar-refractivity contribution in [2.45, 2.75) is 52.4 Å². The monoisotopic (exact) mass is 1160 g/mol. The second-order valence-electron chi connectivity index (χ2n) is 22.4. The van der Waals surface area contributed by atoms with Gasteiger partial charge in [-0.15, -0.1) is 0 Å². The van der Waals surface area contributed by atoms with Gasteiger partial charge in [0.2, 0.25) is 0 Å². The number of benzene rings is 9. The Hall–Kier alpha value is -8.25. The Bertz CT molecular complexity index is 4220. The van der Waals surface area contributed by atoms with Crippen molar-refractivity contribution in [1.29, 1.82) is 0 Å². The third-order valence-corrected chi connectivity index (χ3v) is 16.6. The van der Waals surface area contributed by atoms with Crippen LogP contribution < -0.4 is 19.8 Å². The van der Waals surface area contributed by atoms with Crippen molar-refractivity contribution in [2.24, 2.45) is 0 Å². The minimum atomic E-state index is -0.130. The fraction of sp³-hybridized carbons (Fsp3) is 0.118. The number of ether oxygens (including phenoxy) is 1. The zero-order valence-corrected chi connectivity index (χ0v) is 45.6. The van der Waals surface area contributed by atoms with Gasteiger partial charge in [-0.25, -0.2) is 0 Å². The number of anilines is 4. The fourth-order valence-electron chi connectivity index (χ4n) is 11.9. The molecular weight excluding hydrogens is 1110 g/mol. The summed E-state index contributed by atoms with van der Waals surface area (Å²) in [5.41, 5.74) is 23.4. The van der Waals surface area contributed by atoms with Crippen LogP contribution in [0.1, 0.15) is 52.7 Å². The van der Waals surface area contributed by atoms with Gasteiger partial charge in [0.15, 0.2) is 0 Å². The third kappa shape index (κ3) is 7.34. The minimum absolute atomic E-state index is 0.0751. The first-order valence-electron chi connectivity index (χ1n) is 26.2. The average molecular weight is 1160 g/mol. The molecule has 0 atom stereocenters. The van der Waals surface area contributed by atoms with Crippen LogP contribution in [0.25, 0.3) is 78.0 Å². The Morgan fingerprint density at radius 1 is 0.421 bits per heavy atom. The van der Waals surface area contributed by atoms with Crippen LogP contribution in [0.5, 0.6) is 11.6 Å². The molecule has 5 heterocycles. The molecule has 3 aliphatic heterocycles. The summed E-state index contributed by atoms with van der Waals surface area (Å²) in [6, 6.07) is 79.5. The summed E-state index contributed by atoms with van der Waals surface area (Å²) in [7, 11) is 0. The number of nitrogens with zero attached hydrogens (tertiary/aromatic N) is 5. The van der Waals surface area contributed by atoms with Crippen molar-refractivity contribution < 1.29 is 24.1 Å². The van der Waals surface area contributed by atoms with Crippen LogP contribution in [-0.4, -0.2) is 21.1 Å². The van der Waals surface area contributed by atoms with E-state index in [1.165, 1.54) is 72.5 Å². The quantitative estimate of drug-likeness (QED) is 0.149. The van der Waals surface area contributed by atoms with Crippen LogP contribution >= 0.6 is 0 Å². The number of hydrogen-bond donors (Lipinski definition) is 0. The Labute approximate surface area is 455 Å². The predicted molar refractivity (Wildman–Crippen MR) is 311 cm³/mol. The summed E-state index contributed by atoms with van der Waals surface area (Å²) in [5.74, 6) is 2.12. The van der Waals surface area contributed by atoms with E-state index >= 15 is 0 Å². The van der Waals surface area contributed by atoms with E-state index in [-0.39, 0.29) is 17.8 Å². The number of fused-ring (bicyclic) bond motifs is 10. The summed E-state index contributed by atoms with van der Waals surface area (Å²) in [5, 5.41) is 0. The molecule has 0 saturated heterocycles. The Balaban J connectivity index is 0.930. The number of rotatable bonds is 7. The van der Waals surface area contributed by atoms with Crippen molar-refractivity contribution in [3.8, 4) is 78.6 Å². The number of pyridine rings is 1. The normalized spacial score (nSPS) is 13.1. The maximum atomic E-state index is 6.91. The van der Waals surface area contributed by atoms with Crippen LogP contribution in [0.15, 0.2) is 218 Å². The van der Waals surface area contributed by atoms with Gasteiger partial charge in [-0.1, -0.05) is 42.5 Å². The maximum absolute atomic E-state index is 6.91. The van der Waals surface area contributed by atoms with Gasteiger partial charge in [-0.2, -0.15) is 0 Å². The molecule has 9 aromatic carbocycles. The summed E-state index contributed by atoms with van der Waals surface area (Å²) in [6.45, 7) is 13.8. The van der Waals surface area contributed by atoms with Crippen LogP contribution in [0.4, 0.5) is 22.9 Å². The number of imidazole rings is 1. The van der Waals surface area contributed by atoms with E-state index in [0.717, 1.165) is 48.8 Å². The van der Waals surface area contributed by atoms with Gasteiger partial charge in [-0.05, 0) is 17.7 Å². The molecule has 0 fully saturated rings. The molecule has 76 heavy (non-hydrogen) atoms. The van der Waals surface area contributed by atoms with Crippen molar-refractivity contribution in [1.82, 2.24) is 14.1 Å². The predicted octanol–water partition coefficient (Wildman–Crippen LogP) is 16.9. The van der Waals surface area contributed by atoms with E-state index in [4.69, 9.17) is 9.72 Å². The second kappa shape index (κ2) is 17.4. The average Bonchev–Trinajstić information content (AvgIpc) is 4.05. The molecule has 0 saturated carbocycles. The molecule has 8 heteroatoms. The molecule has 3 aliphatic rings. The molecule has 14 rings (SSSR count). The molecular formula is C68H54BN5OPt. The summed E-state index contributed by atoms with van der Waals surface area (Å²) in [6.07, 6.45) is 0. The Kier molecular flexibility index (Phi) is 10.6. The number of para-hydroxylation sites is 5. The van der Waals surface area contributed by atoms with Crippen molar-refractivity contribution >= 4 is 46.4 Å². The van der Waals surface area contributed by atoms with Crippen molar-refractivity contribution in [3.05, 3.63) is 233 Å². The van der Waals surface area contributed by atoms with Gasteiger partial charge < -0.3 is 0 Å². The topological polar surface area (TPSA) is 38.5 Å². The van der Waals surface area contributed by atoms with Crippen molar-refractivity contribution in [2.75, 3.05) is 9.62 Å². The molecule has 11 aromatic rings. The van der Waals surface area contributed by atoms with E-state index in [9.17, 15) is 0 Å². The molecule has 0 radical (unpaired) electrons. The van der Waals surface area contributed by atoms with Crippen LogP contribution in [0.3, 0.4) is 0 Å². The summed E-state index contributed by atoms with van der Waals surface area (Å²) >= 11 is 2.56. The molecule has 0 N–H and O–H groups in total. The fourth-order valence-corrected chi connectivity index (χ4v) is 13.0. The summed E-state index contributed by atoms with van der Waals surface area (Å²) in [4.78, 5) is 10.3. The van der Waals surface area contributed by atoms with Crippen LogP contribution in [0, 0.1) is 3.80 Å².